The number of aromatic nitrogens is 3. The average molecular weight is 459 g/mol. The fourth-order valence-corrected chi connectivity index (χ4v) is 5.02. The Morgan fingerprint density at radius 3 is 2.68 bits per heavy atom. The summed E-state index contributed by atoms with van der Waals surface area (Å²) in [5, 5.41) is 1.22. The molecule has 0 saturated carbocycles. The van der Waals surface area contributed by atoms with Crippen molar-refractivity contribution in [1.29, 1.82) is 0 Å². The molecule has 1 aliphatic carbocycles. The van der Waals surface area contributed by atoms with Gasteiger partial charge in [-0.1, -0.05) is 32.0 Å². The van der Waals surface area contributed by atoms with Gasteiger partial charge in [0.1, 0.15) is 7.05 Å². The second-order valence-corrected chi connectivity index (χ2v) is 9.22. The fourth-order valence-electron chi connectivity index (χ4n) is 5.02. The number of fused-ring (bicyclic) bond motifs is 6. The summed E-state index contributed by atoms with van der Waals surface area (Å²) in [6.07, 6.45) is 2.90. The molecule has 0 spiro atoms. The van der Waals surface area contributed by atoms with Gasteiger partial charge >= 0.3 is 0 Å². The SMILES string of the molecule is [2H]C([2H])([2H])c1c[n+](C)c(-c2c(C)ccc3c2oc2nc4c(cc23)-c2cccnc2C4(C([2H])([2H])[2H])C([2H])([2H])[2H])cc1C([2H])(C)C. The molecular weight excluding hydrogens is 418 g/mol. The maximum absolute atomic E-state index is 8.71. The number of furan rings is 1. The third-order valence-electron chi connectivity index (χ3n) is 6.72. The van der Waals surface area contributed by atoms with Crippen molar-refractivity contribution in [2.24, 2.45) is 7.05 Å². The van der Waals surface area contributed by atoms with Gasteiger partial charge in [0.25, 0.3) is 0 Å². The van der Waals surface area contributed by atoms with Gasteiger partial charge in [0.05, 0.1) is 22.4 Å². The Morgan fingerprint density at radius 2 is 1.91 bits per heavy atom. The zero-order valence-electron chi connectivity index (χ0n) is 29.4. The van der Waals surface area contributed by atoms with Gasteiger partial charge in [-0.2, -0.15) is 0 Å². The highest BCUT2D eigenvalue weighted by Crippen LogP contribution is 2.48. The van der Waals surface area contributed by atoms with Crippen molar-refractivity contribution >= 4 is 22.1 Å². The van der Waals surface area contributed by atoms with Gasteiger partial charge < -0.3 is 4.42 Å². The first-order valence-corrected chi connectivity index (χ1v) is 11.1. The van der Waals surface area contributed by atoms with Crippen LogP contribution in [0.1, 0.15) is 75.2 Å². The van der Waals surface area contributed by atoms with Crippen LogP contribution in [0.2, 0.25) is 0 Å². The lowest BCUT2D eigenvalue weighted by Crippen LogP contribution is -2.32. The molecule has 0 unspecified atom stereocenters. The van der Waals surface area contributed by atoms with Gasteiger partial charge in [0, 0.05) is 53.4 Å². The molecular formula is C30H30N3O+. The zero-order chi connectivity index (χ0) is 32.4. The van der Waals surface area contributed by atoms with E-state index in [9.17, 15) is 0 Å². The van der Waals surface area contributed by atoms with Crippen LogP contribution >= 0.6 is 0 Å². The maximum Gasteiger partial charge on any atom is 0.227 e. The van der Waals surface area contributed by atoms with E-state index in [4.69, 9.17) is 18.1 Å². The van der Waals surface area contributed by atoms with Crippen molar-refractivity contribution in [3.8, 4) is 22.4 Å². The molecule has 0 amide bonds. The zero-order valence-corrected chi connectivity index (χ0v) is 19.4. The topological polar surface area (TPSA) is 42.8 Å². The van der Waals surface area contributed by atoms with Gasteiger partial charge in [-0.3, -0.25) is 4.98 Å². The van der Waals surface area contributed by atoms with Crippen LogP contribution in [0.4, 0.5) is 0 Å². The first-order chi connectivity index (χ1) is 20.2. The van der Waals surface area contributed by atoms with Crippen LogP contribution in [0, 0.1) is 13.8 Å². The monoisotopic (exact) mass is 458 g/mol. The predicted molar refractivity (Wildman–Crippen MR) is 137 cm³/mol. The van der Waals surface area contributed by atoms with E-state index in [-0.39, 0.29) is 22.7 Å². The molecule has 4 heteroatoms. The van der Waals surface area contributed by atoms with E-state index in [0.717, 1.165) is 5.56 Å². The molecule has 4 nitrogen and oxygen atoms in total. The van der Waals surface area contributed by atoms with E-state index in [2.05, 4.69) is 9.97 Å². The summed E-state index contributed by atoms with van der Waals surface area (Å²) in [7, 11) is 1.73. The predicted octanol–water partition coefficient (Wildman–Crippen LogP) is 6.91. The van der Waals surface area contributed by atoms with Crippen molar-refractivity contribution in [1.82, 2.24) is 9.97 Å². The van der Waals surface area contributed by atoms with Crippen LogP contribution in [0.15, 0.2) is 53.2 Å². The molecule has 1 aliphatic rings. The van der Waals surface area contributed by atoms with E-state index >= 15 is 0 Å². The lowest BCUT2D eigenvalue weighted by Gasteiger charge is -2.18. The summed E-state index contributed by atoms with van der Waals surface area (Å²) < 4.78 is 91.7. The quantitative estimate of drug-likeness (QED) is 0.270. The second-order valence-electron chi connectivity index (χ2n) is 9.22. The molecule has 4 aromatic heterocycles. The Hall–Kier alpha value is -3.53. The summed E-state index contributed by atoms with van der Waals surface area (Å²) in [6, 6.07) is 10.5. The smallest absolute Gasteiger partial charge is 0.227 e. The van der Waals surface area contributed by atoms with Gasteiger partial charge in [0.2, 0.25) is 11.4 Å². The third kappa shape index (κ3) is 2.74. The standard InChI is InChI=1S/C30H30N3O/c1-16(2)21-14-24(33(7)15-18(21)4)25-17(3)10-11-19-23-13-22-20-9-8-12-31-27(20)30(5,6)28(22)32-29(23)34-26(19)25/h8-16H,1-7H3/q+1/i4D3,5D3,6D3,16D. The summed E-state index contributed by atoms with van der Waals surface area (Å²) >= 11 is 0. The van der Waals surface area contributed by atoms with Gasteiger partial charge in [-0.25, -0.2) is 9.55 Å². The lowest BCUT2D eigenvalue weighted by molar-refractivity contribution is -0.660. The third-order valence-corrected chi connectivity index (χ3v) is 6.72. The molecule has 4 heterocycles. The summed E-state index contributed by atoms with van der Waals surface area (Å²) in [6.45, 7) is -3.31. The van der Waals surface area contributed by atoms with E-state index < -0.39 is 31.9 Å². The second kappa shape index (κ2) is 6.99. The Bertz CT molecular complexity index is 1980. The average Bonchev–Trinajstić information content (AvgIpc) is 3.39. The highest BCUT2D eigenvalue weighted by molar-refractivity contribution is 6.10. The fraction of sp³-hybridized carbons (Fsp3) is 0.300. The molecule has 0 bridgehead atoms. The number of benzene rings is 1. The molecule has 0 fully saturated rings. The molecule has 5 aromatic rings. The van der Waals surface area contributed by atoms with Crippen LogP contribution in [-0.4, -0.2) is 9.97 Å². The lowest BCUT2D eigenvalue weighted by atomic mass is 9.89. The van der Waals surface area contributed by atoms with Gasteiger partial charge in [0.15, 0.2) is 11.8 Å². The molecule has 1 aromatic carbocycles. The van der Waals surface area contributed by atoms with E-state index in [0.29, 0.717) is 44.3 Å². The first kappa shape index (κ1) is 12.8. The Balaban J connectivity index is 1.71. The Labute approximate surface area is 214 Å². The minimum absolute atomic E-state index is 0.0668. The molecule has 0 N–H and O–H groups in total. The number of hydrogen-bond donors (Lipinski definition) is 0. The molecule has 0 saturated heterocycles. The van der Waals surface area contributed by atoms with E-state index in [1.165, 1.54) is 12.4 Å². The van der Waals surface area contributed by atoms with Crippen LogP contribution in [-0.2, 0) is 12.5 Å². The number of rotatable bonds is 2. The summed E-state index contributed by atoms with van der Waals surface area (Å²) in [5.41, 5.74) is 1.05. The largest absolute Gasteiger partial charge is 0.437 e. The van der Waals surface area contributed by atoms with Gasteiger partial charge in [-0.15, -0.1) is 0 Å². The number of aryl methyl sites for hydroxylation is 3. The van der Waals surface area contributed by atoms with Crippen LogP contribution in [0.3, 0.4) is 0 Å². The minimum Gasteiger partial charge on any atom is -0.437 e. The molecule has 34 heavy (non-hydrogen) atoms. The normalized spacial score (nSPS) is 20.0. The highest BCUT2D eigenvalue weighted by Gasteiger charge is 2.39. The molecule has 0 aliphatic heterocycles. The van der Waals surface area contributed by atoms with Crippen molar-refractivity contribution in [2.45, 2.75) is 52.6 Å². The van der Waals surface area contributed by atoms with Crippen molar-refractivity contribution < 1.29 is 22.7 Å². The van der Waals surface area contributed by atoms with Crippen LogP contribution < -0.4 is 4.57 Å². The Morgan fingerprint density at radius 1 is 1.06 bits per heavy atom. The number of pyridine rings is 3. The van der Waals surface area contributed by atoms with Crippen LogP contribution in [0.5, 0.6) is 0 Å². The van der Waals surface area contributed by atoms with Crippen molar-refractivity contribution in [3.05, 3.63) is 76.9 Å². The Kier molecular flexibility index (Phi) is 2.63. The highest BCUT2D eigenvalue weighted by atomic mass is 16.3. The first-order valence-electron chi connectivity index (χ1n) is 16.1. The molecule has 6 rings (SSSR count). The van der Waals surface area contributed by atoms with Gasteiger partial charge in [-0.05, 0) is 56.6 Å². The number of nitrogens with zero attached hydrogens (tertiary/aromatic N) is 3. The van der Waals surface area contributed by atoms with Crippen molar-refractivity contribution in [3.63, 3.8) is 0 Å². The molecule has 170 valence electrons. The molecule has 0 radical (unpaired) electrons. The molecule has 0 atom stereocenters. The summed E-state index contributed by atoms with van der Waals surface area (Å²) in [5.74, 6) is -1.22. The number of hydrogen-bond acceptors (Lipinski definition) is 3. The van der Waals surface area contributed by atoms with E-state index in [1.54, 1.807) is 49.7 Å². The minimum atomic E-state index is -3.02. The van der Waals surface area contributed by atoms with Crippen LogP contribution in [0.25, 0.3) is 44.5 Å². The maximum atomic E-state index is 8.71. The summed E-state index contributed by atoms with van der Waals surface area (Å²) in [4.78, 5) is 8.92. The van der Waals surface area contributed by atoms with E-state index in [1.807, 2.05) is 19.1 Å². The van der Waals surface area contributed by atoms with Crippen molar-refractivity contribution in [2.75, 3.05) is 0 Å².